The van der Waals surface area contributed by atoms with Gasteiger partial charge in [-0.25, -0.2) is 4.99 Å². The summed E-state index contributed by atoms with van der Waals surface area (Å²) in [5, 5.41) is 0. The van der Waals surface area contributed by atoms with E-state index in [1.807, 2.05) is 0 Å². The monoisotopic (exact) mass is 250 g/mol. The number of hydrogen-bond donors (Lipinski definition) is 1. The molecule has 1 aliphatic carbocycles. The second-order valence-corrected chi connectivity index (χ2v) is 4.19. The molecule has 0 heterocycles. The van der Waals surface area contributed by atoms with Crippen LogP contribution in [0.2, 0.25) is 0 Å². The number of ether oxygens (including phenoxy) is 3. The molecule has 0 aliphatic heterocycles. The zero-order valence-corrected chi connectivity index (χ0v) is 10.9. The Hall–Kier alpha value is -1.91. The summed E-state index contributed by atoms with van der Waals surface area (Å²) in [7, 11) is 4.73. The Morgan fingerprint density at radius 2 is 1.67 bits per heavy atom. The minimum absolute atomic E-state index is 0.434. The summed E-state index contributed by atoms with van der Waals surface area (Å²) in [6.45, 7) is 0. The Bertz CT molecular complexity index is 442. The van der Waals surface area contributed by atoms with Gasteiger partial charge in [-0.15, -0.1) is 0 Å². The Morgan fingerprint density at radius 1 is 1.11 bits per heavy atom. The predicted molar refractivity (Wildman–Crippen MR) is 70.1 cm³/mol. The molecule has 0 unspecified atom stereocenters. The first-order valence-corrected chi connectivity index (χ1v) is 5.83. The van der Waals surface area contributed by atoms with Gasteiger partial charge in [0, 0.05) is 18.1 Å². The number of aliphatic imine (C=N–C) groups is 1. The van der Waals surface area contributed by atoms with Gasteiger partial charge in [-0.1, -0.05) is 0 Å². The largest absolute Gasteiger partial charge is 0.493 e. The highest BCUT2D eigenvalue weighted by Gasteiger charge is 2.25. The number of amidine groups is 1. The summed E-state index contributed by atoms with van der Waals surface area (Å²) in [5.41, 5.74) is 6.62. The Morgan fingerprint density at radius 3 is 2.06 bits per heavy atom. The van der Waals surface area contributed by atoms with Crippen LogP contribution in [-0.4, -0.2) is 27.2 Å². The molecule has 5 heteroatoms. The van der Waals surface area contributed by atoms with Crippen LogP contribution in [0.25, 0.3) is 0 Å². The molecule has 0 atom stereocenters. The molecule has 0 spiro atoms. The van der Waals surface area contributed by atoms with Crippen molar-refractivity contribution in [3.63, 3.8) is 0 Å². The van der Waals surface area contributed by atoms with E-state index in [2.05, 4.69) is 4.99 Å². The molecule has 18 heavy (non-hydrogen) atoms. The molecule has 1 aromatic carbocycles. The summed E-state index contributed by atoms with van der Waals surface area (Å²) in [5.74, 6) is 2.83. The lowest BCUT2D eigenvalue weighted by Gasteiger charge is -2.12. The number of nitrogens with two attached hydrogens (primary N) is 1. The molecule has 1 aromatic rings. The molecule has 1 saturated carbocycles. The van der Waals surface area contributed by atoms with Crippen LogP contribution in [0, 0.1) is 5.92 Å². The first kappa shape index (κ1) is 12.5. The minimum Gasteiger partial charge on any atom is -0.493 e. The van der Waals surface area contributed by atoms with Crippen LogP contribution < -0.4 is 19.9 Å². The van der Waals surface area contributed by atoms with Crippen molar-refractivity contribution in [2.24, 2.45) is 16.6 Å². The first-order valence-electron chi connectivity index (χ1n) is 5.83. The maximum atomic E-state index is 5.90. The third-order valence-corrected chi connectivity index (χ3v) is 2.90. The van der Waals surface area contributed by atoms with Gasteiger partial charge in [-0.2, -0.15) is 0 Å². The van der Waals surface area contributed by atoms with Crippen LogP contribution in [0.5, 0.6) is 17.2 Å². The van der Waals surface area contributed by atoms with E-state index in [4.69, 9.17) is 19.9 Å². The van der Waals surface area contributed by atoms with E-state index in [0.29, 0.717) is 34.7 Å². The highest BCUT2D eigenvalue weighted by atomic mass is 16.5. The second kappa shape index (κ2) is 5.16. The van der Waals surface area contributed by atoms with Crippen LogP contribution in [0.1, 0.15) is 12.8 Å². The van der Waals surface area contributed by atoms with Crippen molar-refractivity contribution in [3.8, 4) is 17.2 Å². The summed E-state index contributed by atoms with van der Waals surface area (Å²) in [6, 6.07) is 3.58. The van der Waals surface area contributed by atoms with Crippen molar-refractivity contribution >= 4 is 11.5 Å². The second-order valence-electron chi connectivity index (χ2n) is 4.19. The van der Waals surface area contributed by atoms with Gasteiger partial charge in [0.25, 0.3) is 0 Å². The smallest absolute Gasteiger partial charge is 0.203 e. The fourth-order valence-electron chi connectivity index (χ4n) is 1.75. The number of hydrogen-bond acceptors (Lipinski definition) is 4. The van der Waals surface area contributed by atoms with E-state index >= 15 is 0 Å². The van der Waals surface area contributed by atoms with Gasteiger partial charge >= 0.3 is 0 Å². The third kappa shape index (κ3) is 2.50. The van der Waals surface area contributed by atoms with E-state index in [9.17, 15) is 0 Å². The molecule has 2 rings (SSSR count). The lowest BCUT2D eigenvalue weighted by molar-refractivity contribution is 0.324. The topological polar surface area (TPSA) is 66.1 Å². The molecule has 1 fully saturated rings. The first-order chi connectivity index (χ1) is 8.69. The van der Waals surface area contributed by atoms with Crippen molar-refractivity contribution < 1.29 is 14.2 Å². The molecule has 1 aliphatic rings. The van der Waals surface area contributed by atoms with E-state index in [-0.39, 0.29) is 0 Å². The fourth-order valence-corrected chi connectivity index (χ4v) is 1.75. The van der Waals surface area contributed by atoms with Crippen molar-refractivity contribution in [2.45, 2.75) is 12.8 Å². The number of benzene rings is 1. The van der Waals surface area contributed by atoms with Gasteiger partial charge < -0.3 is 19.9 Å². The summed E-state index contributed by atoms with van der Waals surface area (Å²) < 4.78 is 15.8. The zero-order chi connectivity index (χ0) is 13.1. The van der Waals surface area contributed by atoms with Crippen LogP contribution in [0.3, 0.4) is 0 Å². The Kier molecular flexibility index (Phi) is 3.60. The van der Waals surface area contributed by atoms with Gasteiger partial charge in [-0.3, -0.25) is 0 Å². The zero-order valence-electron chi connectivity index (χ0n) is 10.9. The SMILES string of the molecule is COc1cc(N=C(N)C2CC2)cc(OC)c1OC. The normalized spacial score (nSPS) is 15.4. The molecule has 0 aromatic heterocycles. The molecule has 0 radical (unpaired) electrons. The van der Waals surface area contributed by atoms with E-state index in [0.717, 1.165) is 12.8 Å². The third-order valence-electron chi connectivity index (χ3n) is 2.90. The molecule has 98 valence electrons. The lowest BCUT2D eigenvalue weighted by atomic mass is 10.2. The average molecular weight is 250 g/mol. The summed E-state index contributed by atoms with van der Waals surface area (Å²) in [4.78, 5) is 4.39. The van der Waals surface area contributed by atoms with Gasteiger partial charge in [0.1, 0.15) is 5.84 Å². The molecule has 0 saturated heterocycles. The van der Waals surface area contributed by atoms with Gasteiger partial charge in [-0.05, 0) is 12.8 Å². The fraction of sp³-hybridized carbons (Fsp3) is 0.462. The van der Waals surface area contributed by atoms with Crippen LogP contribution in [0.4, 0.5) is 5.69 Å². The maximum absolute atomic E-state index is 5.90. The molecule has 0 amide bonds. The van der Waals surface area contributed by atoms with Crippen LogP contribution in [-0.2, 0) is 0 Å². The Balaban J connectivity index is 2.39. The molecular weight excluding hydrogens is 232 g/mol. The van der Waals surface area contributed by atoms with Gasteiger partial charge in [0.15, 0.2) is 11.5 Å². The number of rotatable bonds is 5. The van der Waals surface area contributed by atoms with Gasteiger partial charge in [0.2, 0.25) is 5.75 Å². The van der Waals surface area contributed by atoms with Crippen LogP contribution in [0.15, 0.2) is 17.1 Å². The van der Waals surface area contributed by atoms with Crippen LogP contribution >= 0.6 is 0 Å². The standard InChI is InChI=1S/C13H18N2O3/c1-16-10-6-9(15-13(14)8-4-5-8)7-11(17-2)12(10)18-3/h6-8H,4-5H2,1-3H3,(H2,14,15). The summed E-state index contributed by atoms with van der Waals surface area (Å²) in [6.07, 6.45) is 2.25. The molecule has 5 nitrogen and oxygen atoms in total. The highest BCUT2D eigenvalue weighted by molar-refractivity contribution is 5.87. The summed E-state index contributed by atoms with van der Waals surface area (Å²) >= 11 is 0. The average Bonchev–Trinajstić information content (AvgIpc) is 3.21. The molecule has 2 N–H and O–H groups in total. The maximum Gasteiger partial charge on any atom is 0.203 e. The van der Waals surface area contributed by atoms with E-state index < -0.39 is 0 Å². The molecule has 0 bridgehead atoms. The quantitative estimate of drug-likeness (QED) is 0.642. The van der Waals surface area contributed by atoms with E-state index in [1.165, 1.54) is 0 Å². The van der Waals surface area contributed by atoms with E-state index in [1.54, 1.807) is 33.5 Å². The highest BCUT2D eigenvalue weighted by Crippen LogP contribution is 2.41. The van der Waals surface area contributed by atoms with Crippen molar-refractivity contribution in [1.29, 1.82) is 0 Å². The van der Waals surface area contributed by atoms with Crippen molar-refractivity contribution in [2.75, 3.05) is 21.3 Å². The minimum atomic E-state index is 0.434. The number of nitrogens with zero attached hydrogens (tertiary/aromatic N) is 1. The van der Waals surface area contributed by atoms with Gasteiger partial charge in [0.05, 0.1) is 27.0 Å². The molecular formula is C13H18N2O3. The van der Waals surface area contributed by atoms with Crippen molar-refractivity contribution in [3.05, 3.63) is 12.1 Å². The Labute approximate surface area is 107 Å². The lowest BCUT2D eigenvalue weighted by Crippen LogP contribution is -2.13. The predicted octanol–water partition coefficient (Wildman–Crippen LogP) is 2.11. The number of methoxy groups -OCH3 is 3. The van der Waals surface area contributed by atoms with Crippen molar-refractivity contribution in [1.82, 2.24) is 0 Å².